The first kappa shape index (κ1) is 12.8. The molecule has 5 nitrogen and oxygen atoms in total. The number of hydrogen-bond acceptors (Lipinski definition) is 4. The van der Waals surface area contributed by atoms with Crippen LogP contribution in [0.5, 0.6) is 11.6 Å². The largest absolute Gasteiger partial charge is 0.505 e. The Hall–Kier alpha value is -1.65. The van der Waals surface area contributed by atoms with Gasteiger partial charge in [0.1, 0.15) is 0 Å². The number of ether oxygens (including phenoxy) is 1. The fourth-order valence-electron chi connectivity index (χ4n) is 2.65. The molecule has 0 aliphatic heterocycles. The van der Waals surface area contributed by atoms with E-state index in [4.69, 9.17) is 0 Å². The van der Waals surface area contributed by atoms with Gasteiger partial charge in [0, 0.05) is 0 Å². The van der Waals surface area contributed by atoms with Gasteiger partial charge in [-0.15, -0.1) is 0 Å². The van der Waals surface area contributed by atoms with Crippen LogP contribution in [-0.4, -0.2) is 28.3 Å². The number of rotatable bonds is 3. The summed E-state index contributed by atoms with van der Waals surface area (Å²) < 4.78 is 4.52. The molecule has 0 radical (unpaired) electrons. The van der Waals surface area contributed by atoms with Gasteiger partial charge >= 0.3 is 5.97 Å². The van der Waals surface area contributed by atoms with Crippen molar-refractivity contribution < 1.29 is 19.7 Å². The van der Waals surface area contributed by atoms with Crippen LogP contribution < -0.4 is 0 Å². The Bertz CT molecular complexity index is 432. The van der Waals surface area contributed by atoms with E-state index in [1.54, 1.807) is 0 Å². The van der Waals surface area contributed by atoms with Crippen LogP contribution in [0.1, 0.15) is 48.2 Å². The molecule has 0 amide bonds. The SMILES string of the molecule is COC(=O)c1c(O)[nH]c(CC2CCCCC2)c1O. The number of aromatic amines is 1. The molecule has 1 aromatic heterocycles. The Kier molecular flexibility index (Phi) is 3.79. The molecule has 18 heavy (non-hydrogen) atoms. The summed E-state index contributed by atoms with van der Waals surface area (Å²) in [7, 11) is 1.22. The summed E-state index contributed by atoms with van der Waals surface area (Å²) in [5.41, 5.74) is 0.364. The third-order valence-corrected chi connectivity index (χ3v) is 3.64. The van der Waals surface area contributed by atoms with E-state index in [1.165, 1.54) is 26.4 Å². The van der Waals surface area contributed by atoms with Crippen molar-refractivity contribution in [3.63, 3.8) is 0 Å². The van der Waals surface area contributed by atoms with E-state index in [0.29, 0.717) is 18.0 Å². The number of methoxy groups -OCH3 is 1. The average Bonchev–Trinajstić information content (AvgIpc) is 2.65. The van der Waals surface area contributed by atoms with Crippen molar-refractivity contribution in [1.29, 1.82) is 0 Å². The van der Waals surface area contributed by atoms with Gasteiger partial charge in [0.2, 0.25) is 5.88 Å². The molecule has 5 heteroatoms. The predicted molar refractivity (Wildman–Crippen MR) is 65.7 cm³/mol. The van der Waals surface area contributed by atoms with Crippen LogP contribution in [0.2, 0.25) is 0 Å². The van der Waals surface area contributed by atoms with E-state index >= 15 is 0 Å². The quantitative estimate of drug-likeness (QED) is 0.722. The van der Waals surface area contributed by atoms with E-state index in [2.05, 4.69) is 9.72 Å². The van der Waals surface area contributed by atoms with E-state index in [9.17, 15) is 15.0 Å². The minimum atomic E-state index is -0.726. The second-order valence-electron chi connectivity index (χ2n) is 4.88. The fourth-order valence-corrected chi connectivity index (χ4v) is 2.65. The third-order valence-electron chi connectivity index (χ3n) is 3.64. The fraction of sp³-hybridized carbons (Fsp3) is 0.615. The normalized spacial score (nSPS) is 16.7. The zero-order valence-electron chi connectivity index (χ0n) is 10.5. The highest BCUT2D eigenvalue weighted by atomic mass is 16.5. The Balaban J connectivity index is 2.16. The maximum absolute atomic E-state index is 11.4. The van der Waals surface area contributed by atoms with Gasteiger partial charge in [0.15, 0.2) is 11.3 Å². The molecule has 1 heterocycles. The van der Waals surface area contributed by atoms with Crippen LogP contribution >= 0.6 is 0 Å². The zero-order valence-corrected chi connectivity index (χ0v) is 10.5. The van der Waals surface area contributed by atoms with Crippen molar-refractivity contribution in [3.05, 3.63) is 11.3 Å². The molecule has 1 aliphatic carbocycles. The second kappa shape index (κ2) is 5.33. The van der Waals surface area contributed by atoms with Gasteiger partial charge in [-0.1, -0.05) is 32.1 Å². The highest BCUT2D eigenvalue weighted by Crippen LogP contribution is 2.35. The molecule has 0 aromatic carbocycles. The van der Waals surface area contributed by atoms with Gasteiger partial charge in [-0.2, -0.15) is 0 Å². The predicted octanol–water partition coefficient (Wildman–Crippen LogP) is 2.34. The van der Waals surface area contributed by atoms with Gasteiger partial charge in [-0.3, -0.25) is 0 Å². The topological polar surface area (TPSA) is 82.5 Å². The molecule has 2 rings (SSSR count). The van der Waals surface area contributed by atoms with Gasteiger partial charge in [-0.05, 0) is 12.3 Å². The summed E-state index contributed by atoms with van der Waals surface area (Å²) in [6, 6.07) is 0. The summed E-state index contributed by atoms with van der Waals surface area (Å²) >= 11 is 0. The molecule has 1 saturated carbocycles. The maximum atomic E-state index is 11.4. The molecular weight excluding hydrogens is 234 g/mol. The first-order valence-electron chi connectivity index (χ1n) is 6.34. The molecule has 1 aromatic rings. The van der Waals surface area contributed by atoms with Crippen LogP contribution in [0.15, 0.2) is 0 Å². The van der Waals surface area contributed by atoms with Crippen LogP contribution in [0, 0.1) is 5.92 Å². The lowest BCUT2D eigenvalue weighted by atomic mass is 9.86. The van der Waals surface area contributed by atoms with Gasteiger partial charge in [-0.25, -0.2) is 4.79 Å². The van der Waals surface area contributed by atoms with E-state index < -0.39 is 5.97 Å². The van der Waals surface area contributed by atoms with Crippen molar-refractivity contribution in [2.24, 2.45) is 5.92 Å². The molecule has 0 bridgehead atoms. The molecule has 0 spiro atoms. The van der Waals surface area contributed by atoms with Crippen molar-refractivity contribution in [1.82, 2.24) is 4.98 Å². The average molecular weight is 253 g/mol. The smallest absolute Gasteiger partial charge is 0.347 e. The highest BCUT2D eigenvalue weighted by Gasteiger charge is 2.25. The Morgan fingerprint density at radius 1 is 1.33 bits per heavy atom. The number of carbonyl (C=O) groups is 1. The lowest BCUT2D eigenvalue weighted by Gasteiger charge is -2.20. The standard InChI is InChI=1S/C13H19NO4/c1-18-13(17)10-11(15)9(14-12(10)16)7-8-5-3-2-4-6-8/h8,14-16H,2-7H2,1H3. The number of hydrogen-bond donors (Lipinski definition) is 3. The minimum absolute atomic E-state index is 0.164. The van der Waals surface area contributed by atoms with E-state index in [-0.39, 0.29) is 17.2 Å². The first-order chi connectivity index (χ1) is 8.63. The van der Waals surface area contributed by atoms with Crippen LogP contribution in [-0.2, 0) is 11.2 Å². The molecule has 3 N–H and O–H groups in total. The monoisotopic (exact) mass is 253 g/mol. The highest BCUT2D eigenvalue weighted by molar-refractivity contribution is 5.95. The Morgan fingerprint density at radius 3 is 2.61 bits per heavy atom. The number of aromatic nitrogens is 1. The van der Waals surface area contributed by atoms with Gasteiger partial charge in [0.25, 0.3) is 0 Å². The molecule has 0 atom stereocenters. The van der Waals surface area contributed by atoms with Crippen molar-refractivity contribution in [3.8, 4) is 11.6 Å². The molecular formula is C13H19NO4. The molecule has 1 fully saturated rings. The van der Waals surface area contributed by atoms with E-state index in [0.717, 1.165) is 12.8 Å². The Labute approximate surface area is 106 Å². The lowest BCUT2D eigenvalue weighted by Crippen LogP contribution is -2.09. The Morgan fingerprint density at radius 2 is 2.00 bits per heavy atom. The molecule has 100 valence electrons. The van der Waals surface area contributed by atoms with Crippen LogP contribution in [0.4, 0.5) is 0 Å². The first-order valence-corrected chi connectivity index (χ1v) is 6.34. The van der Waals surface area contributed by atoms with E-state index in [1.807, 2.05) is 0 Å². The summed E-state index contributed by atoms with van der Waals surface area (Å²) in [4.78, 5) is 14.1. The summed E-state index contributed by atoms with van der Waals surface area (Å²) in [6.07, 6.45) is 6.62. The van der Waals surface area contributed by atoms with Crippen molar-refractivity contribution in [2.75, 3.05) is 7.11 Å². The maximum Gasteiger partial charge on any atom is 0.347 e. The third kappa shape index (κ3) is 2.44. The lowest BCUT2D eigenvalue weighted by molar-refractivity contribution is 0.0594. The van der Waals surface area contributed by atoms with Gasteiger partial charge in [0.05, 0.1) is 12.8 Å². The zero-order chi connectivity index (χ0) is 13.1. The number of aromatic hydroxyl groups is 2. The van der Waals surface area contributed by atoms with Crippen molar-refractivity contribution in [2.45, 2.75) is 38.5 Å². The summed E-state index contributed by atoms with van der Waals surface area (Å²) in [5, 5.41) is 19.6. The van der Waals surface area contributed by atoms with Gasteiger partial charge < -0.3 is 19.9 Å². The summed E-state index contributed by atoms with van der Waals surface area (Å²) in [6.45, 7) is 0. The summed E-state index contributed by atoms with van der Waals surface area (Å²) in [5.74, 6) is -0.709. The van der Waals surface area contributed by atoms with Crippen LogP contribution in [0.3, 0.4) is 0 Å². The second-order valence-corrected chi connectivity index (χ2v) is 4.88. The molecule has 0 saturated heterocycles. The number of H-pyrrole nitrogens is 1. The number of carbonyl (C=O) groups excluding carboxylic acids is 1. The molecule has 1 aliphatic rings. The minimum Gasteiger partial charge on any atom is -0.505 e. The van der Waals surface area contributed by atoms with Crippen molar-refractivity contribution >= 4 is 5.97 Å². The number of nitrogens with one attached hydrogen (secondary N) is 1. The number of esters is 1. The van der Waals surface area contributed by atoms with Crippen LogP contribution in [0.25, 0.3) is 0 Å². The molecule has 0 unspecified atom stereocenters.